The number of fused-ring (bicyclic) bond motifs is 3. The van der Waals surface area contributed by atoms with Gasteiger partial charge in [0.05, 0.1) is 6.61 Å². The Kier molecular flexibility index (Phi) is 6.07. The van der Waals surface area contributed by atoms with E-state index in [1.165, 1.54) is 13.8 Å². The summed E-state index contributed by atoms with van der Waals surface area (Å²) in [4.78, 5) is 35.6. The van der Waals surface area contributed by atoms with Crippen LogP contribution in [0.4, 0.5) is 4.79 Å². The van der Waals surface area contributed by atoms with Crippen LogP contribution in [0, 0.1) is 0 Å². The lowest BCUT2D eigenvalue weighted by Crippen LogP contribution is -2.59. The first-order valence-corrected chi connectivity index (χ1v) is 9.54. The molecule has 0 saturated heterocycles. The van der Waals surface area contributed by atoms with Crippen LogP contribution in [0.5, 0.6) is 0 Å². The Morgan fingerprint density at radius 2 is 1.60 bits per heavy atom. The van der Waals surface area contributed by atoms with Gasteiger partial charge in [0, 0.05) is 5.92 Å². The molecule has 4 N–H and O–H groups in total. The standard InChI is InChI=1S/C22H24N2O6/c1-13(19(26)24-22(2,12-25)20(27)28)23-21(29)30-11-18-16-9-5-3-7-14(16)15-8-4-6-10-17(15)18/h3-10,13,18,25H,11-12H2,1-2H3,(H,23,29)(H,24,26)(H,27,28)/t13-,22?/m1/s1. The molecule has 2 aromatic rings. The smallest absolute Gasteiger partial charge is 0.407 e. The molecule has 2 aromatic carbocycles. The second-order valence-electron chi connectivity index (χ2n) is 7.48. The van der Waals surface area contributed by atoms with Crippen molar-refractivity contribution in [1.29, 1.82) is 0 Å². The van der Waals surface area contributed by atoms with E-state index in [2.05, 4.69) is 10.6 Å². The van der Waals surface area contributed by atoms with Gasteiger partial charge in [-0.1, -0.05) is 48.5 Å². The number of carbonyl (C=O) groups excluding carboxylic acids is 2. The van der Waals surface area contributed by atoms with Crippen LogP contribution in [0.3, 0.4) is 0 Å². The molecule has 30 heavy (non-hydrogen) atoms. The summed E-state index contributed by atoms with van der Waals surface area (Å²) in [5.74, 6) is -2.24. The topological polar surface area (TPSA) is 125 Å². The summed E-state index contributed by atoms with van der Waals surface area (Å²) in [5.41, 5.74) is 2.50. The average molecular weight is 412 g/mol. The van der Waals surface area contributed by atoms with Crippen LogP contribution >= 0.6 is 0 Å². The Morgan fingerprint density at radius 3 is 2.10 bits per heavy atom. The Labute approximate surface area is 173 Å². The van der Waals surface area contributed by atoms with Crippen molar-refractivity contribution in [2.45, 2.75) is 31.3 Å². The number of rotatable bonds is 7. The number of hydrogen-bond donors (Lipinski definition) is 4. The predicted octanol–water partition coefficient (Wildman–Crippen LogP) is 1.87. The highest BCUT2D eigenvalue weighted by molar-refractivity contribution is 5.91. The van der Waals surface area contributed by atoms with Gasteiger partial charge in [0.2, 0.25) is 5.91 Å². The van der Waals surface area contributed by atoms with Gasteiger partial charge in [0.15, 0.2) is 5.54 Å². The van der Waals surface area contributed by atoms with Gasteiger partial charge in [-0.2, -0.15) is 0 Å². The van der Waals surface area contributed by atoms with Crippen molar-refractivity contribution >= 4 is 18.0 Å². The first kappa shape index (κ1) is 21.3. The third-order valence-corrected chi connectivity index (χ3v) is 5.26. The molecule has 2 atom stereocenters. The SMILES string of the molecule is C[C@@H](NC(=O)OCC1c2ccccc2-c2ccccc21)C(=O)NC(C)(CO)C(=O)O. The van der Waals surface area contributed by atoms with Gasteiger partial charge in [-0.15, -0.1) is 0 Å². The second-order valence-corrected chi connectivity index (χ2v) is 7.48. The van der Waals surface area contributed by atoms with Gasteiger partial charge in [-0.05, 0) is 36.1 Å². The Balaban J connectivity index is 1.61. The maximum Gasteiger partial charge on any atom is 0.407 e. The number of nitrogens with one attached hydrogen (secondary N) is 2. The Morgan fingerprint density at radius 1 is 1.07 bits per heavy atom. The van der Waals surface area contributed by atoms with E-state index in [0.29, 0.717) is 0 Å². The minimum atomic E-state index is -1.84. The van der Waals surface area contributed by atoms with Gasteiger partial charge < -0.3 is 25.6 Å². The maximum absolute atomic E-state index is 12.2. The zero-order chi connectivity index (χ0) is 21.9. The van der Waals surface area contributed by atoms with E-state index < -0.39 is 36.2 Å². The molecule has 2 amide bonds. The summed E-state index contributed by atoms with van der Waals surface area (Å²) >= 11 is 0. The molecule has 1 unspecified atom stereocenters. The third kappa shape index (κ3) is 4.13. The van der Waals surface area contributed by atoms with Crippen molar-refractivity contribution in [3.63, 3.8) is 0 Å². The highest BCUT2D eigenvalue weighted by Crippen LogP contribution is 2.44. The van der Waals surface area contributed by atoms with Crippen molar-refractivity contribution in [3.8, 4) is 11.1 Å². The summed E-state index contributed by atoms with van der Waals surface area (Å²) in [6.07, 6.45) is -0.791. The van der Waals surface area contributed by atoms with Crippen molar-refractivity contribution in [2.75, 3.05) is 13.2 Å². The monoisotopic (exact) mass is 412 g/mol. The third-order valence-electron chi connectivity index (χ3n) is 5.26. The average Bonchev–Trinajstić information content (AvgIpc) is 3.05. The molecule has 8 nitrogen and oxygen atoms in total. The van der Waals surface area contributed by atoms with Crippen LogP contribution < -0.4 is 10.6 Å². The molecule has 0 bridgehead atoms. The fourth-order valence-electron chi connectivity index (χ4n) is 3.42. The minimum absolute atomic E-state index is 0.0949. The molecule has 0 aliphatic heterocycles. The Bertz CT molecular complexity index is 930. The number of carboxylic acids is 1. The summed E-state index contributed by atoms with van der Waals surface area (Å²) < 4.78 is 5.37. The lowest BCUT2D eigenvalue weighted by atomic mass is 9.98. The van der Waals surface area contributed by atoms with Crippen LogP contribution in [-0.4, -0.2) is 53.0 Å². The lowest BCUT2D eigenvalue weighted by molar-refractivity contribution is -0.148. The first-order chi connectivity index (χ1) is 14.3. The molecule has 0 saturated carbocycles. The molecule has 0 fully saturated rings. The van der Waals surface area contributed by atoms with Gasteiger partial charge in [0.1, 0.15) is 12.6 Å². The number of alkyl carbamates (subject to hydrolysis) is 1. The van der Waals surface area contributed by atoms with Crippen molar-refractivity contribution < 1.29 is 29.3 Å². The van der Waals surface area contributed by atoms with E-state index in [0.717, 1.165) is 22.3 Å². The molecule has 1 aliphatic rings. The molecule has 0 spiro atoms. The van der Waals surface area contributed by atoms with Crippen molar-refractivity contribution in [2.24, 2.45) is 0 Å². The van der Waals surface area contributed by atoms with Crippen molar-refractivity contribution in [1.82, 2.24) is 10.6 Å². The Hall–Kier alpha value is -3.39. The number of aliphatic carboxylic acids is 1. The molecule has 0 aromatic heterocycles. The molecule has 158 valence electrons. The van der Waals surface area contributed by atoms with E-state index in [4.69, 9.17) is 9.84 Å². The van der Waals surface area contributed by atoms with E-state index in [1.807, 2.05) is 48.5 Å². The summed E-state index contributed by atoms with van der Waals surface area (Å²) in [7, 11) is 0. The largest absolute Gasteiger partial charge is 0.479 e. The van der Waals surface area contributed by atoms with Crippen LogP contribution in [-0.2, 0) is 14.3 Å². The number of hydrogen-bond acceptors (Lipinski definition) is 5. The predicted molar refractivity (Wildman–Crippen MR) is 109 cm³/mol. The quantitative estimate of drug-likeness (QED) is 0.550. The number of aliphatic hydroxyl groups excluding tert-OH is 1. The number of amides is 2. The summed E-state index contributed by atoms with van der Waals surface area (Å²) in [6.45, 7) is 1.88. The van der Waals surface area contributed by atoms with E-state index >= 15 is 0 Å². The normalized spacial score (nSPS) is 15.3. The molecule has 0 radical (unpaired) electrons. The number of ether oxygens (including phenoxy) is 1. The van der Waals surface area contributed by atoms with Gasteiger partial charge in [0.25, 0.3) is 0 Å². The van der Waals surface area contributed by atoms with Gasteiger partial charge in [-0.25, -0.2) is 9.59 Å². The molecule has 3 rings (SSSR count). The molecule has 8 heteroatoms. The summed E-state index contributed by atoms with van der Waals surface area (Å²) in [5, 5.41) is 23.0. The number of aliphatic hydroxyl groups is 1. The van der Waals surface area contributed by atoms with Crippen LogP contribution in [0.1, 0.15) is 30.9 Å². The van der Waals surface area contributed by atoms with E-state index in [9.17, 15) is 19.5 Å². The van der Waals surface area contributed by atoms with Crippen LogP contribution in [0.25, 0.3) is 11.1 Å². The minimum Gasteiger partial charge on any atom is -0.479 e. The van der Waals surface area contributed by atoms with Gasteiger partial charge >= 0.3 is 12.1 Å². The highest BCUT2D eigenvalue weighted by atomic mass is 16.5. The van der Waals surface area contributed by atoms with Crippen molar-refractivity contribution in [3.05, 3.63) is 59.7 Å². The van der Waals surface area contributed by atoms with Crippen LogP contribution in [0.2, 0.25) is 0 Å². The molecule has 1 aliphatic carbocycles. The lowest BCUT2D eigenvalue weighted by Gasteiger charge is -2.25. The highest BCUT2D eigenvalue weighted by Gasteiger charge is 2.36. The van der Waals surface area contributed by atoms with E-state index in [1.54, 1.807) is 0 Å². The number of carbonyl (C=O) groups is 3. The fraction of sp³-hybridized carbons (Fsp3) is 0.318. The van der Waals surface area contributed by atoms with Crippen LogP contribution in [0.15, 0.2) is 48.5 Å². The fourth-order valence-corrected chi connectivity index (χ4v) is 3.42. The maximum atomic E-state index is 12.2. The zero-order valence-corrected chi connectivity index (χ0v) is 16.7. The zero-order valence-electron chi connectivity index (χ0n) is 16.7. The second kappa shape index (κ2) is 8.54. The molecular weight excluding hydrogens is 388 g/mol. The number of carboxylic acid groups (broad SMARTS) is 1. The van der Waals surface area contributed by atoms with E-state index in [-0.39, 0.29) is 12.5 Å². The van der Waals surface area contributed by atoms with Gasteiger partial charge in [-0.3, -0.25) is 4.79 Å². The molecule has 0 heterocycles. The molecular formula is C22H24N2O6. The number of benzene rings is 2. The summed E-state index contributed by atoms with van der Waals surface area (Å²) in [6, 6.07) is 14.8. The first-order valence-electron chi connectivity index (χ1n) is 9.54.